The monoisotopic (exact) mass is 246 g/mol. The first-order valence-electron chi connectivity index (χ1n) is 5.51. The van der Waals surface area contributed by atoms with Crippen LogP contribution < -0.4 is 4.74 Å². The fourth-order valence-electron chi connectivity index (χ4n) is 1.56. The average molecular weight is 246 g/mol. The summed E-state index contributed by atoms with van der Waals surface area (Å²) in [4.78, 5) is 11.0. The summed E-state index contributed by atoms with van der Waals surface area (Å²) in [6, 6.07) is 7.85. The SMILES string of the molecule is Cc1ccc(COc2nn(C)cc2C(=O)O)cc1. The molecular formula is C13H14N2O3. The zero-order chi connectivity index (χ0) is 13.1. The molecule has 0 bridgehead atoms. The Morgan fingerprint density at radius 2 is 2.06 bits per heavy atom. The second kappa shape index (κ2) is 4.91. The van der Waals surface area contributed by atoms with Crippen molar-refractivity contribution in [2.24, 2.45) is 7.05 Å². The quantitative estimate of drug-likeness (QED) is 0.896. The Labute approximate surface area is 105 Å². The molecule has 0 spiro atoms. The third-order valence-electron chi connectivity index (χ3n) is 2.52. The summed E-state index contributed by atoms with van der Waals surface area (Å²) >= 11 is 0. The number of rotatable bonds is 4. The number of benzene rings is 1. The summed E-state index contributed by atoms with van der Waals surface area (Å²) in [5, 5.41) is 13.0. The number of carboxylic acid groups (broad SMARTS) is 1. The maximum Gasteiger partial charge on any atom is 0.342 e. The fraction of sp³-hybridized carbons (Fsp3) is 0.231. The summed E-state index contributed by atoms with van der Waals surface area (Å²) < 4.78 is 6.86. The van der Waals surface area contributed by atoms with Crippen LogP contribution in [-0.2, 0) is 13.7 Å². The minimum atomic E-state index is -1.04. The minimum Gasteiger partial charge on any atom is -0.477 e. The van der Waals surface area contributed by atoms with Gasteiger partial charge in [0.2, 0.25) is 5.88 Å². The van der Waals surface area contributed by atoms with E-state index in [2.05, 4.69) is 5.10 Å². The zero-order valence-electron chi connectivity index (χ0n) is 10.3. The van der Waals surface area contributed by atoms with E-state index in [1.807, 2.05) is 31.2 Å². The van der Waals surface area contributed by atoms with Crippen molar-refractivity contribution in [1.29, 1.82) is 0 Å². The third-order valence-corrected chi connectivity index (χ3v) is 2.52. The third kappa shape index (κ3) is 2.68. The van der Waals surface area contributed by atoms with E-state index in [9.17, 15) is 4.79 Å². The maximum atomic E-state index is 11.0. The van der Waals surface area contributed by atoms with Crippen molar-refractivity contribution in [3.8, 4) is 5.88 Å². The Morgan fingerprint density at radius 3 is 2.67 bits per heavy atom. The Balaban J connectivity index is 2.10. The van der Waals surface area contributed by atoms with Crippen LogP contribution >= 0.6 is 0 Å². The standard InChI is InChI=1S/C13H14N2O3/c1-9-3-5-10(6-4-9)8-18-12-11(13(16)17)7-15(2)14-12/h3-7H,8H2,1-2H3,(H,16,17). The van der Waals surface area contributed by atoms with Gasteiger partial charge in [0.15, 0.2) is 0 Å². The minimum absolute atomic E-state index is 0.0737. The number of ether oxygens (including phenoxy) is 1. The van der Waals surface area contributed by atoms with Gasteiger partial charge >= 0.3 is 5.97 Å². The van der Waals surface area contributed by atoms with Gasteiger partial charge in [-0.1, -0.05) is 29.8 Å². The zero-order valence-corrected chi connectivity index (χ0v) is 10.3. The molecule has 1 aromatic heterocycles. The van der Waals surface area contributed by atoms with Gasteiger partial charge in [0.25, 0.3) is 0 Å². The second-order valence-electron chi connectivity index (χ2n) is 4.10. The van der Waals surface area contributed by atoms with Crippen molar-refractivity contribution in [2.45, 2.75) is 13.5 Å². The van der Waals surface area contributed by atoms with Gasteiger partial charge in [-0.05, 0) is 12.5 Å². The highest BCUT2D eigenvalue weighted by atomic mass is 16.5. The van der Waals surface area contributed by atoms with Gasteiger partial charge in [0.05, 0.1) is 0 Å². The fourth-order valence-corrected chi connectivity index (χ4v) is 1.56. The van der Waals surface area contributed by atoms with E-state index in [-0.39, 0.29) is 11.4 Å². The molecule has 0 aliphatic heterocycles. The van der Waals surface area contributed by atoms with Crippen LogP contribution in [-0.4, -0.2) is 20.9 Å². The highest BCUT2D eigenvalue weighted by Gasteiger charge is 2.15. The summed E-state index contributed by atoms with van der Waals surface area (Å²) in [5.41, 5.74) is 2.22. The van der Waals surface area contributed by atoms with Gasteiger partial charge in [-0.25, -0.2) is 4.79 Å². The van der Waals surface area contributed by atoms with Crippen LogP contribution in [0.3, 0.4) is 0 Å². The molecule has 1 aromatic carbocycles. The number of carbonyl (C=O) groups is 1. The van der Waals surface area contributed by atoms with Gasteiger partial charge in [-0.3, -0.25) is 4.68 Å². The van der Waals surface area contributed by atoms with Crippen LogP contribution in [0.2, 0.25) is 0 Å². The lowest BCUT2D eigenvalue weighted by Gasteiger charge is -2.04. The van der Waals surface area contributed by atoms with Gasteiger partial charge in [-0.15, -0.1) is 5.10 Å². The van der Waals surface area contributed by atoms with Crippen molar-refractivity contribution in [3.63, 3.8) is 0 Å². The first-order valence-corrected chi connectivity index (χ1v) is 5.51. The number of aromatic nitrogens is 2. The van der Waals surface area contributed by atoms with Crippen molar-refractivity contribution in [3.05, 3.63) is 47.2 Å². The molecule has 94 valence electrons. The molecule has 5 heteroatoms. The molecule has 0 saturated carbocycles. The van der Waals surface area contributed by atoms with E-state index in [0.717, 1.165) is 5.56 Å². The molecule has 0 amide bonds. The Bertz CT molecular complexity index is 558. The smallest absolute Gasteiger partial charge is 0.342 e. The van der Waals surface area contributed by atoms with E-state index in [1.165, 1.54) is 16.4 Å². The Morgan fingerprint density at radius 1 is 1.39 bits per heavy atom. The van der Waals surface area contributed by atoms with Crippen LogP contribution in [0.5, 0.6) is 5.88 Å². The Kier molecular flexibility index (Phi) is 3.32. The van der Waals surface area contributed by atoms with Crippen molar-refractivity contribution in [1.82, 2.24) is 9.78 Å². The average Bonchev–Trinajstić information content (AvgIpc) is 2.70. The summed E-state index contributed by atoms with van der Waals surface area (Å²) in [6.07, 6.45) is 1.42. The van der Waals surface area contributed by atoms with E-state index >= 15 is 0 Å². The first kappa shape index (κ1) is 12.2. The molecular weight excluding hydrogens is 232 g/mol. The molecule has 2 rings (SSSR count). The number of carboxylic acids is 1. The summed E-state index contributed by atoms with van der Waals surface area (Å²) in [5.74, 6) is -0.896. The van der Waals surface area contributed by atoms with Crippen LogP contribution in [0.15, 0.2) is 30.5 Å². The van der Waals surface area contributed by atoms with Gasteiger partial charge in [0, 0.05) is 13.2 Å². The lowest BCUT2D eigenvalue weighted by molar-refractivity contribution is 0.0691. The molecule has 5 nitrogen and oxygen atoms in total. The van der Waals surface area contributed by atoms with Gasteiger partial charge < -0.3 is 9.84 Å². The number of nitrogens with zero attached hydrogens (tertiary/aromatic N) is 2. The number of aromatic carboxylic acids is 1. The summed E-state index contributed by atoms with van der Waals surface area (Å²) in [7, 11) is 1.66. The highest BCUT2D eigenvalue weighted by Crippen LogP contribution is 2.17. The normalized spacial score (nSPS) is 10.3. The Hall–Kier alpha value is -2.30. The van der Waals surface area contributed by atoms with Crippen LogP contribution in [0.25, 0.3) is 0 Å². The van der Waals surface area contributed by atoms with Gasteiger partial charge in [0.1, 0.15) is 12.2 Å². The maximum absolute atomic E-state index is 11.0. The van der Waals surface area contributed by atoms with Crippen LogP contribution in [0.4, 0.5) is 0 Å². The highest BCUT2D eigenvalue weighted by molar-refractivity contribution is 5.89. The van der Waals surface area contributed by atoms with E-state index in [4.69, 9.17) is 9.84 Å². The van der Waals surface area contributed by atoms with Crippen LogP contribution in [0.1, 0.15) is 21.5 Å². The van der Waals surface area contributed by atoms with Crippen molar-refractivity contribution in [2.75, 3.05) is 0 Å². The van der Waals surface area contributed by atoms with E-state index in [0.29, 0.717) is 6.61 Å². The number of hydrogen-bond donors (Lipinski definition) is 1. The molecule has 0 fully saturated rings. The second-order valence-corrected chi connectivity index (χ2v) is 4.10. The summed E-state index contributed by atoms with van der Waals surface area (Å²) in [6.45, 7) is 2.31. The first-order chi connectivity index (χ1) is 8.56. The van der Waals surface area contributed by atoms with E-state index in [1.54, 1.807) is 7.05 Å². The topological polar surface area (TPSA) is 64.4 Å². The molecule has 1 N–H and O–H groups in total. The lowest BCUT2D eigenvalue weighted by Crippen LogP contribution is -2.01. The van der Waals surface area contributed by atoms with Crippen molar-refractivity contribution >= 4 is 5.97 Å². The van der Waals surface area contributed by atoms with Crippen LogP contribution in [0, 0.1) is 6.92 Å². The molecule has 0 atom stereocenters. The molecule has 0 radical (unpaired) electrons. The number of hydrogen-bond acceptors (Lipinski definition) is 3. The lowest BCUT2D eigenvalue weighted by atomic mass is 10.2. The number of aryl methyl sites for hydroxylation is 2. The largest absolute Gasteiger partial charge is 0.477 e. The predicted molar refractivity (Wildman–Crippen MR) is 65.7 cm³/mol. The molecule has 0 saturated heterocycles. The molecule has 0 aliphatic rings. The molecule has 0 unspecified atom stereocenters. The molecule has 0 aliphatic carbocycles. The van der Waals surface area contributed by atoms with Crippen molar-refractivity contribution < 1.29 is 14.6 Å². The molecule has 2 aromatic rings. The molecule has 1 heterocycles. The molecule has 18 heavy (non-hydrogen) atoms. The predicted octanol–water partition coefficient (Wildman–Crippen LogP) is 2.01. The van der Waals surface area contributed by atoms with E-state index < -0.39 is 5.97 Å². The van der Waals surface area contributed by atoms with Gasteiger partial charge in [-0.2, -0.15) is 0 Å².